The quantitative estimate of drug-likeness (QED) is 0.759. The number of halogens is 1. The van der Waals surface area contributed by atoms with Crippen LogP contribution in [0.2, 0.25) is 0 Å². The summed E-state index contributed by atoms with van der Waals surface area (Å²) in [4.78, 5) is 12.0. The first-order valence-corrected chi connectivity index (χ1v) is 7.91. The van der Waals surface area contributed by atoms with Crippen LogP contribution in [-0.2, 0) is 4.79 Å². The van der Waals surface area contributed by atoms with Crippen LogP contribution in [0.4, 0.5) is 5.69 Å². The molecule has 0 unspecified atom stereocenters. The minimum atomic E-state index is -0.202. The van der Waals surface area contributed by atoms with Crippen molar-refractivity contribution in [3.8, 4) is 11.5 Å². The summed E-state index contributed by atoms with van der Waals surface area (Å²) in [5.74, 6) is 0.979. The average molecular weight is 411 g/mol. The molecule has 0 spiro atoms. The zero-order valence-electron chi connectivity index (χ0n) is 12.8. The Kier molecular flexibility index (Phi) is 5.65. The van der Waals surface area contributed by atoms with Crippen molar-refractivity contribution in [3.63, 3.8) is 0 Å². The summed E-state index contributed by atoms with van der Waals surface area (Å²) in [6.45, 7) is 3.87. The highest BCUT2D eigenvalue weighted by atomic mass is 127. The van der Waals surface area contributed by atoms with Gasteiger partial charge in [0.15, 0.2) is 18.1 Å². The van der Waals surface area contributed by atoms with Crippen molar-refractivity contribution in [1.29, 1.82) is 0 Å². The van der Waals surface area contributed by atoms with Crippen LogP contribution in [0.1, 0.15) is 11.1 Å². The van der Waals surface area contributed by atoms with E-state index in [-0.39, 0.29) is 12.5 Å². The number of rotatable bonds is 5. The van der Waals surface area contributed by atoms with Crippen molar-refractivity contribution in [2.24, 2.45) is 0 Å². The Morgan fingerprint density at radius 1 is 1.14 bits per heavy atom. The second kappa shape index (κ2) is 7.49. The molecule has 0 radical (unpaired) electrons. The predicted molar refractivity (Wildman–Crippen MR) is 95.8 cm³/mol. The number of carbonyl (C=O) groups excluding carboxylic acids is 1. The lowest BCUT2D eigenvalue weighted by atomic mass is 10.2. The molecule has 4 nitrogen and oxygen atoms in total. The van der Waals surface area contributed by atoms with E-state index in [4.69, 9.17) is 9.47 Å². The summed E-state index contributed by atoms with van der Waals surface area (Å²) in [7, 11) is 1.58. The van der Waals surface area contributed by atoms with Gasteiger partial charge in [0.2, 0.25) is 0 Å². The molecule has 2 rings (SSSR count). The maximum absolute atomic E-state index is 12.0. The van der Waals surface area contributed by atoms with Gasteiger partial charge in [-0.1, -0.05) is 6.07 Å². The number of hydrogen-bond acceptors (Lipinski definition) is 3. The summed E-state index contributed by atoms with van der Waals surface area (Å²) < 4.78 is 11.9. The van der Waals surface area contributed by atoms with Gasteiger partial charge in [0.05, 0.1) is 7.11 Å². The fourth-order valence-electron chi connectivity index (χ4n) is 1.99. The minimum absolute atomic E-state index is 0.0646. The van der Waals surface area contributed by atoms with E-state index in [0.717, 1.165) is 20.4 Å². The molecule has 5 heteroatoms. The monoisotopic (exact) mass is 411 g/mol. The Balaban J connectivity index is 1.98. The highest BCUT2D eigenvalue weighted by Gasteiger charge is 2.09. The second-order valence-corrected chi connectivity index (χ2v) is 6.20. The molecule has 0 atom stereocenters. The van der Waals surface area contributed by atoms with E-state index in [1.54, 1.807) is 13.2 Å². The van der Waals surface area contributed by atoms with Crippen molar-refractivity contribution in [2.45, 2.75) is 13.8 Å². The predicted octanol–water partition coefficient (Wildman–Crippen LogP) is 3.93. The molecule has 2 aromatic carbocycles. The molecule has 0 bridgehead atoms. The van der Waals surface area contributed by atoms with Gasteiger partial charge in [-0.2, -0.15) is 0 Å². The SMILES string of the molecule is COc1cc(C)ccc1OCC(=O)Nc1ccc(I)cc1C. The first kappa shape index (κ1) is 16.6. The largest absolute Gasteiger partial charge is 0.493 e. The van der Waals surface area contributed by atoms with Gasteiger partial charge in [0.25, 0.3) is 5.91 Å². The summed E-state index contributed by atoms with van der Waals surface area (Å²) in [6, 6.07) is 11.4. The number of carbonyl (C=O) groups is 1. The van der Waals surface area contributed by atoms with Crippen molar-refractivity contribution in [3.05, 3.63) is 51.1 Å². The van der Waals surface area contributed by atoms with Crippen LogP contribution >= 0.6 is 22.6 Å². The molecule has 0 aromatic heterocycles. The molecule has 22 heavy (non-hydrogen) atoms. The highest BCUT2D eigenvalue weighted by molar-refractivity contribution is 14.1. The standard InChI is InChI=1S/C17H18INO3/c1-11-4-7-15(16(8-11)21-3)22-10-17(20)19-14-6-5-13(18)9-12(14)2/h4-9H,10H2,1-3H3,(H,19,20). The lowest BCUT2D eigenvalue weighted by molar-refractivity contribution is -0.118. The maximum Gasteiger partial charge on any atom is 0.262 e. The summed E-state index contributed by atoms with van der Waals surface area (Å²) >= 11 is 2.24. The summed E-state index contributed by atoms with van der Waals surface area (Å²) in [5.41, 5.74) is 2.89. The minimum Gasteiger partial charge on any atom is -0.493 e. The lowest BCUT2D eigenvalue weighted by Crippen LogP contribution is -2.20. The Hall–Kier alpha value is -1.76. The lowest BCUT2D eigenvalue weighted by Gasteiger charge is -2.12. The van der Waals surface area contributed by atoms with E-state index in [0.29, 0.717) is 11.5 Å². The van der Waals surface area contributed by atoms with E-state index < -0.39 is 0 Å². The normalized spacial score (nSPS) is 10.2. The first-order valence-electron chi connectivity index (χ1n) is 6.83. The number of hydrogen-bond donors (Lipinski definition) is 1. The van der Waals surface area contributed by atoms with Crippen LogP contribution in [0, 0.1) is 17.4 Å². The molecule has 1 amide bonds. The van der Waals surface area contributed by atoms with E-state index in [9.17, 15) is 4.79 Å². The van der Waals surface area contributed by atoms with Gasteiger partial charge in [-0.25, -0.2) is 0 Å². The van der Waals surface area contributed by atoms with Crippen molar-refractivity contribution < 1.29 is 14.3 Å². The van der Waals surface area contributed by atoms with Gasteiger partial charge in [-0.05, 0) is 77.9 Å². The van der Waals surface area contributed by atoms with Crippen LogP contribution in [-0.4, -0.2) is 19.6 Å². The molecular weight excluding hydrogens is 393 g/mol. The fraction of sp³-hybridized carbons (Fsp3) is 0.235. The van der Waals surface area contributed by atoms with Gasteiger partial charge < -0.3 is 14.8 Å². The third-order valence-corrected chi connectivity index (χ3v) is 3.81. The molecule has 0 saturated heterocycles. The van der Waals surface area contributed by atoms with E-state index in [2.05, 4.69) is 27.9 Å². The third kappa shape index (κ3) is 4.37. The van der Waals surface area contributed by atoms with Crippen LogP contribution in [0.5, 0.6) is 11.5 Å². The zero-order chi connectivity index (χ0) is 16.1. The molecule has 0 aliphatic carbocycles. The fourth-order valence-corrected chi connectivity index (χ4v) is 2.64. The Morgan fingerprint density at radius 3 is 2.59 bits per heavy atom. The summed E-state index contributed by atoms with van der Waals surface area (Å²) in [5, 5.41) is 2.85. The van der Waals surface area contributed by atoms with E-state index >= 15 is 0 Å². The van der Waals surface area contributed by atoms with Crippen LogP contribution < -0.4 is 14.8 Å². The smallest absolute Gasteiger partial charge is 0.262 e. The molecular formula is C17H18INO3. The number of aryl methyl sites for hydroxylation is 2. The molecule has 0 fully saturated rings. The second-order valence-electron chi connectivity index (χ2n) is 4.95. The highest BCUT2D eigenvalue weighted by Crippen LogP contribution is 2.27. The Bertz CT molecular complexity index is 686. The molecule has 0 aliphatic rings. The van der Waals surface area contributed by atoms with E-state index in [1.165, 1.54) is 0 Å². The van der Waals surface area contributed by atoms with Gasteiger partial charge in [0.1, 0.15) is 0 Å². The topological polar surface area (TPSA) is 47.6 Å². The van der Waals surface area contributed by atoms with Gasteiger partial charge in [-0.15, -0.1) is 0 Å². The molecule has 0 aliphatic heterocycles. The van der Waals surface area contributed by atoms with Crippen LogP contribution in [0.25, 0.3) is 0 Å². The third-order valence-electron chi connectivity index (χ3n) is 3.14. The number of ether oxygens (including phenoxy) is 2. The number of methoxy groups -OCH3 is 1. The number of anilines is 1. The van der Waals surface area contributed by atoms with Crippen molar-refractivity contribution >= 4 is 34.2 Å². The van der Waals surface area contributed by atoms with Gasteiger partial charge in [0, 0.05) is 9.26 Å². The Labute approximate surface area is 144 Å². The zero-order valence-corrected chi connectivity index (χ0v) is 14.9. The van der Waals surface area contributed by atoms with Crippen molar-refractivity contribution in [2.75, 3.05) is 19.0 Å². The number of nitrogens with one attached hydrogen (secondary N) is 1. The molecule has 0 saturated carbocycles. The molecule has 1 N–H and O–H groups in total. The van der Waals surface area contributed by atoms with Crippen LogP contribution in [0.3, 0.4) is 0 Å². The van der Waals surface area contributed by atoms with Gasteiger partial charge in [-0.3, -0.25) is 4.79 Å². The summed E-state index contributed by atoms with van der Waals surface area (Å²) in [6.07, 6.45) is 0. The van der Waals surface area contributed by atoms with E-state index in [1.807, 2.05) is 44.2 Å². The maximum atomic E-state index is 12.0. The number of benzene rings is 2. The van der Waals surface area contributed by atoms with Crippen LogP contribution in [0.15, 0.2) is 36.4 Å². The number of amides is 1. The molecule has 2 aromatic rings. The molecule has 116 valence electrons. The average Bonchev–Trinajstić information content (AvgIpc) is 2.48. The molecule has 0 heterocycles. The van der Waals surface area contributed by atoms with Crippen molar-refractivity contribution in [1.82, 2.24) is 0 Å². The Morgan fingerprint density at radius 2 is 1.91 bits per heavy atom. The first-order chi connectivity index (χ1) is 10.5. The van der Waals surface area contributed by atoms with Gasteiger partial charge >= 0.3 is 0 Å².